The SMILES string of the molecule is Cn1nnnc1S(=O)CCCCSc1ccccn1. The molecule has 0 aliphatic carbocycles. The van der Waals surface area contributed by atoms with Gasteiger partial charge in [-0.3, -0.25) is 4.21 Å². The highest BCUT2D eigenvalue weighted by Gasteiger charge is 2.10. The second kappa shape index (κ2) is 7.34. The summed E-state index contributed by atoms with van der Waals surface area (Å²) < 4.78 is 13.3. The smallest absolute Gasteiger partial charge is 0.239 e. The van der Waals surface area contributed by atoms with Gasteiger partial charge in [0.05, 0.1) is 15.8 Å². The molecule has 0 amide bonds. The lowest BCUT2D eigenvalue weighted by molar-refractivity contribution is 0.633. The molecule has 0 aliphatic rings. The Hall–Kier alpha value is -1.28. The Bertz CT molecular complexity index is 531. The first-order chi connectivity index (χ1) is 9.27. The summed E-state index contributed by atoms with van der Waals surface area (Å²) in [4.78, 5) is 4.24. The van der Waals surface area contributed by atoms with Crippen LogP contribution in [-0.4, -0.2) is 40.9 Å². The first kappa shape index (κ1) is 14.1. The summed E-state index contributed by atoms with van der Waals surface area (Å²) in [6.45, 7) is 0. The minimum Gasteiger partial charge on any atom is -0.251 e. The van der Waals surface area contributed by atoms with Gasteiger partial charge >= 0.3 is 0 Å². The number of thioether (sulfide) groups is 1. The third-order valence-corrected chi connectivity index (χ3v) is 4.84. The Labute approximate surface area is 118 Å². The second-order valence-corrected chi connectivity index (χ2v) is 6.44. The van der Waals surface area contributed by atoms with Gasteiger partial charge in [0.15, 0.2) is 0 Å². The molecule has 2 heterocycles. The largest absolute Gasteiger partial charge is 0.251 e. The molecule has 0 N–H and O–H groups in total. The Kier molecular flexibility index (Phi) is 5.46. The summed E-state index contributed by atoms with van der Waals surface area (Å²) in [5.74, 6) is 1.57. The van der Waals surface area contributed by atoms with E-state index in [-0.39, 0.29) is 0 Å². The lowest BCUT2D eigenvalue weighted by Crippen LogP contribution is -2.06. The van der Waals surface area contributed by atoms with Crippen LogP contribution in [0, 0.1) is 0 Å². The van der Waals surface area contributed by atoms with Crippen molar-refractivity contribution in [1.82, 2.24) is 25.2 Å². The third-order valence-electron chi connectivity index (χ3n) is 2.40. The van der Waals surface area contributed by atoms with Gasteiger partial charge in [-0.25, -0.2) is 9.67 Å². The fourth-order valence-corrected chi connectivity index (χ4v) is 3.43. The summed E-state index contributed by atoms with van der Waals surface area (Å²) in [5.41, 5.74) is 0. The normalized spacial score (nSPS) is 12.5. The van der Waals surface area contributed by atoms with E-state index in [1.54, 1.807) is 25.0 Å². The summed E-state index contributed by atoms with van der Waals surface area (Å²) >= 11 is 1.72. The van der Waals surface area contributed by atoms with Crippen LogP contribution < -0.4 is 0 Å². The lowest BCUT2D eigenvalue weighted by atomic mass is 10.4. The molecule has 2 aromatic heterocycles. The minimum atomic E-state index is -1.11. The monoisotopic (exact) mass is 297 g/mol. The van der Waals surface area contributed by atoms with Crippen LogP contribution in [0.25, 0.3) is 0 Å². The Morgan fingerprint density at radius 2 is 2.26 bits per heavy atom. The zero-order valence-electron chi connectivity index (χ0n) is 10.6. The van der Waals surface area contributed by atoms with E-state index in [1.165, 1.54) is 4.68 Å². The van der Waals surface area contributed by atoms with E-state index in [9.17, 15) is 4.21 Å². The van der Waals surface area contributed by atoms with Crippen LogP contribution in [0.1, 0.15) is 12.8 Å². The molecule has 0 spiro atoms. The van der Waals surface area contributed by atoms with Gasteiger partial charge in [0.2, 0.25) is 5.16 Å². The molecule has 6 nitrogen and oxygen atoms in total. The Balaban J connectivity index is 1.65. The molecule has 0 aromatic carbocycles. The molecule has 0 saturated heterocycles. The number of aryl methyl sites for hydroxylation is 1. The van der Waals surface area contributed by atoms with Gasteiger partial charge < -0.3 is 0 Å². The number of unbranched alkanes of at least 4 members (excludes halogenated alkanes) is 1. The molecule has 2 rings (SSSR count). The molecule has 0 radical (unpaired) electrons. The molecule has 0 bridgehead atoms. The third kappa shape index (κ3) is 4.39. The standard InChI is InChI=1S/C11H15N5OS2/c1-16-11(13-14-15-16)19(17)9-5-4-8-18-10-6-2-3-7-12-10/h2-3,6-7H,4-5,8-9H2,1H3. The maximum atomic E-state index is 11.9. The van der Waals surface area contributed by atoms with Crippen molar-refractivity contribution < 1.29 is 4.21 Å². The van der Waals surface area contributed by atoms with Crippen LogP contribution in [-0.2, 0) is 17.8 Å². The molecule has 102 valence electrons. The average Bonchev–Trinajstić information content (AvgIpc) is 2.86. The molecular weight excluding hydrogens is 282 g/mol. The van der Waals surface area contributed by atoms with Crippen molar-refractivity contribution >= 4 is 22.6 Å². The Morgan fingerprint density at radius 1 is 1.37 bits per heavy atom. The molecule has 0 aliphatic heterocycles. The number of tetrazole rings is 1. The van der Waals surface area contributed by atoms with Crippen molar-refractivity contribution in [3.8, 4) is 0 Å². The topological polar surface area (TPSA) is 73.6 Å². The van der Waals surface area contributed by atoms with E-state index in [4.69, 9.17) is 0 Å². The lowest BCUT2D eigenvalue weighted by Gasteiger charge is -2.01. The van der Waals surface area contributed by atoms with Crippen molar-refractivity contribution in [2.45, 2.75) is 23.0 Å². The van der Waals surface area contributed by atoms with Gasteiger partial charge in [-0.15, -0.1) is 11.8 Å². The highest BCUT2D eigenvalue weighted by Crippen LogP contribution is 2.16. The molecule has 2 aromatic rings. The van der Waals surface area contributed by atoms with E-state index in [0.29, 0.717) is 10.9 Å². The zero-order valence-corrected chi connectivity index (χ0v) is 12.2. The first-order valence-electron chi connectivity index (χ1n) is 5.92. The van der Waals surface area contributed by atoms with E-state index in [1.807, 2.05) is 18.2 Å². The Morgan fingerprint density at radius 3 is 2.95 bits per heavy atom. The molecule has 0 saturated carbocycles. The number of rotatable bonds is 7. The van der Waals surface area contributed by atoms with Crippen molar-refractivity contribution in [2.75, 3.05) is 11.5 Å². The van der Waals surface area contributed by atoms with Gasteiger partial charge in [0, 0.05) is 19.0 Å². The minimum absolute atomic E-state index is 0.442. The van der Waals surface area contributed by atoms with Crippen molar-refractivity contribution in [3.05, 3.63) is 24.4 Å². The predicted molar refractivity (Wildman–Crippen MR) is 74.3 cm³/mol. The fraction of sp³-hybridized carbons (Fsp3) is 0.455. The van der Waals surface area contributed by atoms with Crippen LogP contribution in [0.2, 0.25) is 0 Å². The van der Waals surface area contributed by atoms with E-state index >= 15 is 0 Å². The van der Waals surface area contributed by atoms with Crippen LogP contribution in [0.4, 0.5) is 0 Å². The average molecular weight is 297 g/mol. The molecular formula is C11H15N5OS2. The fourth-order valence-electron chi connectivity index (χ4n) is 1.45. The van der Waals surface area contributed by atoms with E-state index < -0.39 is 10.8 Å². The van der Waals surface area contributed by atoms with Crippen LogP contribution >= 0.6 is 11.8 Å². The zero-order chi connectivity index (χ0) is 13.5. The molecule has 1 unspecified atom stereocenters. The van der Waals surface area contributed by atoms with E-state index in [2.05, 4.69) is 20.5 Å². The summed E-state index contributed by atoms with van der Waals surface area (Å²) in [7, 11) is 0.589. The van der Waals surface area contributed by atoms with Gasteiger partial charge in [0.1, 0.15) is 0 Å². The van der Waals surface area contributed by atoms with Crippen molar-refractivity contribution in [3.63, 3.8) is 0 Å². The number of aromatic nitrogens is 5. The number of nitrogens with zero attached hydrogens (tertiary/aromatic N) is 5. The van der Waals surface area contributed by atoms with Gasteiger partial charge in [-0.1, -0.05) is 11.2 Å². The highest BCUT2D eigenvalue weighted by molar-refractivity contribution is 7.99. The first-order valence-corrected chi connectivity index (χ1v) is 8.22. The summed E-state index contributed by atoms with van der Waals surface area (Å²) in [6, 6.07) is 5.88. The van der Waals surface area contributed by atoms with Crippen LogP contribution in [0.5, 0.6) is 0 Å². The number of hydrogen-bond acceptors (Lipinski definition) is 6. The van der Waals surface area contributed by atoms with Gasteiger partial charge in [-0.05, 0) is 41.2 Å². The van der Waals surface area contributed by atoms with Crippen LogP contribution in [0.15, 0.2) is 34.6 Å². The predicted octanol–water partition coefficient (Wildman–Crippen LogP) is 1.29. The van der Waals surface area contributed by atoms with E-state index in [0.717, 1.165) is 23.6 Å². The number of hydrogen-bond donors (Lipinski definition) is 0. The number of pyridine rings is 1. The van der Waals surface area contributed by atoms with Gasteiger partial charge in [-0.2, -0.15) is 0 Å². The maximum Gasteiger partial charge on any atom is 0.239 e. The highest BCUT2D eigenvalue weighted by atomic mass is 32.2. The summed E-state index contributed by atoms with van der Waals surface area (Å²) in [5, 5.41) is 12.4. The van der Waals surface area contributed by atoms with Crippen molar-refractivity contribution in [2.24, 2.45) is 7.05 Å². The second-order valence-electron chi connectivity index (χ2n) is 3.86. The van der Waals surface area contributed by atoms with Gasteiger partial charge in [0.25, 0.3) is 0 Å². The van der Waals surface area contributed by atoms with Crippen LogP contribution in [0.3, 0.4) is 0 Å². The van der Waals surface area contributed by atoms with Crippen molar-refractivity contribution in [1.29, 1.82) is 0 Å². The molecule has 0 fully saturated rings. The molecule has 8 heteroatoms. The summed E-state index contributed by atoms with van der Waals surface area (Å²) in [6.07, 6.45) is 3.68. The molecule has 19 heavy (non-hydrogen) atoms. The maximum absolute atomic E-state index is 11.9. The molecule has 1 atom stereocenters. The quantitative estimate of drug-likeness (QED) is 0.566.